The molecule has 0 aliphatic heterocycles. The van der Waals surface area contributed by atoms with Gasteiger partial charge in [0.2, 0.25) is 0 Å². The second-order valence-electron chi connectivity index (χ2n) is 5.80. The van der Waals surface area contributed by atoms with Crippen LogP contribution < -0.4 is 5.32 Å². The molecule has 0 unspecified atom stereocenters. The number of hydrogen-bond acceptors (Lipinski definition) is 4. The maximum absolute atomic E-state index is 5.45. The number of methoxy groups -OCH3 is 1. The van der Waals surface area contributed by atoms with Gasteiger partial charge < -0.3 is 19.7 Å². The van der Waals surface area contributed by atoms with E-state index in [1.165, 1.54) is 5.56 Å². The summed E-state index contributed by atoms with van der Waals surface area (Å²) in [6, 6.07) is 0. The third-order valence-electron chi connectivity index (χ3n) is 3.43. The standard InChI is InChI=1S/C16H31N5O2.HI/c1-13(2)15-14(12-21(5)19-15)11-20(4)16(17-3)18-7-8-23-10-9-22-6;/h12-13H,7-11H2,1-6H3,(H,17,18);1H. The summed E-state index contributed by atoms with van der Waals surface area (Å²) < 4.78 is 12.3. The van der Waals surface area contributed by atoms with E-state index in [0.717, 1.165) is 18.2 Å². The van der Waals surface area contributed by atoms with Crippen LogP contribution in [-0.4, -0.2) is 68.2 Å². The number of ether oxygens (including phenoxy) is 2. The molecule has 0 saturated carbocycles. The molecule has 0 amide bonds. The molecule has 1 heterocycles. The molecule has 0 aromatic carbocycles. The predicted molar refractivity (Wildman–Crippen MR) is 108 cm³/mol. The van der Waals surface area contributed by atoms with E-state index in [0.29, 0.717) is 32.3 Å². The van der Waals surface area contributed by atoms with Crippen LogP contribution in [0.5, 0.6) is 0 Å². The first kappa shape index (κ1) is 23.1. The van der Waals surface area contributed by atoms with Crippen molar-refractivity contribution in [1.29, 1.82) is 0 Å². The number of aromatic nitrogens is 2. The van der Waals surface area contributed by atoms with Gasteiger partial charge in [-0.3, -0.25) is 9.67 Å². The minimum Gasteiger partial charge on any atom is -0.382 e. The number of nitrogens with zero attached hydrogens (tertiary/aromatic N) is 4. The molecule has 140 valence electrons. The van der Waals surface area contributed by atoms with E-state index in [-0.39, 0.29) is 24.0 Å². The van der Waals surface area contributed by atoms with E-state index >= 15 is 0 Å². The molecule has 0 saturated heterocycles. The smallest absolute Gasteiger partial charge is 0.193 e. The average Bonchev–Trinajstić information content (AvgIpc) is 2.87. The van der Waals surface area contributed by atoms with Crippen LogP contribution in [0.4, 0.5) is 0 Å². The third-order valence-corrected chi connectivity index (χ3v) is 3.43. The number of halogens is 1. The van der Waals surface area contributed by atoms with Gasteiger partial charge in [-0.05, 0) is 5.92 Å². The van der Waals surface area contributed by atoms with Crippen molar-refractivity contribution in [2.24, 2.45) is 12.0 Å². The fourth-order valence-electron chi connectivity index (χ4n) is 2.36. The topological polar surface area (TPSA) is 63.9 Å². The Hall–Kier alpha value is -0.870. The molecule has 0 spiro atoms. The number of guanidine groups is 1. The van der Waals surface area contributed by atoms with Gasteiger partial charge in [0.25, 0.3) is 0 Å². The van der Waals surface area contributed by atoms with E-state index in [4.69, 9.17) is 9.47 Å². The first-order valence-electron chi connectivity index (χ1n) is 8.00. The summed E-state index contributed by atoms with van der Waals surface area (Å²) >= 11 is 0. The Kier molecular flexibility index (Phi) is 12.0. The monoisotopic (exact) mass is 453 g/mol. The highest BCUT2D eigenvalue weighted by molar-refractivity contribution is 14.0. The van der Waals surface area contributed by atoms with Gasteiger partial charge in [0.15, 0.2) is 5.96 Å². The zero-order valence-corrected chi connectivity index (χ0v) is 18.0. The van der Waals surface area contributed by atoms with E-state index in [1.54, 1.807) is 14.2 Å². The highest BCUT2D eigenvalue weighted by Crippen LogP contribution is 2.18. The van der Waals surface area contributed by atoms with Crippen molar-refractivity contribution in [3.63, 3.8) is 0 Å². The van der Waals surface area contributed by atoms with Gasteiger partial charge >= 0.3 is 0 Å². The van der Waals surface area contributed by atoms with Crippen LogP contribution in [0.2, 0.25) is 0 Å². The van der Waals surface area contributed by atoms with Crippen LogP contribution in [0.3, 0.4) is 0 Å². The van der Waals surface area contributed by atoms with Crippen LogP contribution in [0, 0.1) is 0 Å². The van der Waals surface area contributed by atoms with Crippen molar-refractivity contribution in [1.82, 2.24) is 20.0 Å². The minimum atomic E-state index is 0. The Labute approximate surface area is 162 Å². The second-order valence-corrected chi connectivity index (χ2v) is 5.80. The summed E-state index contributed by atoms with van der Waals surface area (Å²) in [6.07, 6.45) is 2.08. The van der Waals surface area contributed by atoms with Crippen molar-refractivity contribution in [3.8, 4) is 0 Å². The van der Waals surface area contributed by atoms with Gasteiger partial charge in [-0.15, -0.1) is 24.0 Å². The molecular weight excluding hydrogens is 421 g/mol. The number of hydrogen-bond donors (Lipinski definition) is 1. The lowest BCUT2D eigenvalue weighted by Gasteiger charge is -2.22. The highest BCUT2D eigenvalue weighted by atomic mass is 127. The number of aryl methyl sites for hydroxylation is 1. The van der Waals surface area contributed by atoms with Crippen LogP contribution >= 0.6 is 24.0 Å². The van der Waals surface area contributed by atoms with E-state index < -0.39 is 0 Å². The van der Waals surface area contributed by atoms with Crippen LogP contribution in [0.1, 0.15) is 31.0 Å². The van der Waals surface area contributed by atoms with Crippen molar-refractivity contribution in [2.45, 2.75) is 26.3 Å². The first-order valence-corrected chi connectivity index (χ1v) is 8.00. The molecule has 1 aromatic heterocycles. The van der Waals surface area contributed by atoms with Gasteiger partial charge in [-0.2, -0.15) is 5.10 Å². The Balaban J connectivity index is 0.00000529. The molecule has 1 N–H and O–H groups in total. The maximum atomic E-state index is 5.45. The quantitative estimate of drug-likeness (QED) is 0.268. The molecule has 0 bridgehead atoms. The molecule has 8 heteroatoms. The Morgan fingerprint density at radius 2 is 2.08 bits per heavy atom. The molecule has 0 aliphatic carbocycles. The summed E-state index contributed by atoms with van der Waals surface area (Å²) in [5, 5.41) is 7.85. The minimum absolute atomic E-state index is 0. The molecule has 0 aliphatic rings. The third kappa shape index (κ3) is 7.80. The fraction of sp³-hybridized carbons (Fsp3) is 0.750. The van der Waals surface area contributed by atoms with Gasteiger partial charge in [0, 0.05) is 53.1 Å². The largest absolute Gasteiger partial charge is 0.382 e. The molecule has 24 heavy (non-hydrogen) atoms. The summed E-state index contributed by atoms with van der Waals surface area (Å²) in [5.41, 5.74) is 2.36. The lowest BCUT2D eigenvalue weighted by atomic mass is 10.1. The highest BCUT2D eigenvalue weighted by Gasteiger charge is 2.14. The summed E-state index contributed by atoms with van der Waals surface area (Å²) in [4.78, 5) is 6.42. The van der Waals surface area contributed by atoms with Crippen LogP contribution in [0.25, 0.3) is 0 Å². The molecule has 0 atom stereocenters. The van der Waals surface area contributed by atoms with Gasteiger partial charge in [-0.25, -0.2) is 0 Å². The Morgan fingerprint density at radius 1 is 1.38 bits per heavy atom. The lowest BCUT2D eigenvalue weighted by Crippen LogP contribution is -2.40. The summed E-state index contributed by atoms with van der Waals surface area (Å²) in [7, 11) is 7.44. The lowest BCUT2D eigenvalue weighted by molar-refractivity contribution is 0.0731. The number of aliphatic imine (C=N–C) groups is 1. The zero-order chi connectivity index (χ0) is 17.2. The number of nitrogens with one attached hydrogen (secondary N) is 1. The SMILES string of the molecule is CN=C(NCCOCCOC)N(C)Cc1cn(C)nc1C(C)C.I. The average molecular weight is 453 g/mol. The van der Waals surface area contributed by atoms with Crippen molar-refractivity contribution < 1.29 is 9.47 Å². The molecule has 1 aromatic rings. The normalized spacial score (nSPS) is 11.5. The molecule has 1 rings (SSSR count). The molecule has 0 radical (unpaired) electrons. The van der Waals surface area contributed by atoms with Crippen molar-refractivity contribution in [3.05, 3.63) is 17.5 Å². The summed E-state index contributed by atoms with van der Waals surface area (Å²) in [5.74, 6) is 1.25. The van der Waals surface area contributed by atoms with Crippen LogP contribution in [-0.2, 0) is 23.1 Å². The molecule has 0 fully saturated rings. The van der Waals surface area contributed by atoms with E-state index in [1.807, 2.05) is 18.8 Å². The first-order chi connectivity index (χ1) is 11.0. The van der Waals surface area contributed by atoms with Crippen LogP contribution in [0.15, 0.2) is 11.2 Å². The van der Waals surface area contributed by atoms with Crippen molar-refractivity contribution in [2.75, 3.05) is 47.6 Å². The maximum Gasteiger partial charge on any atom is 0.193 e. The molecule has 7 nitrogen and oxygen atoms in total. The van der Waals surface area contributed by atoms with E-state index in [9.17, 15) is 0 Å². The van der Waals surface area contributed by atoms with Gasteiger partial charge in [0.1, 0.15) is 0 Å². The zero-order valence-electron chi connectivity index (χ0n) is 15.7. The second kappa shape index (κ2) is 12.5. The molecular formula is C16H32IN5O2. The fourth-order valence-corrected chi connectivity index (χ4v) is 2.36. The number of rotatable bonds is 9. The predicted octanol–water partition coefficient (Wildman–Crippen LogP) is 1.83. The van der Waals surface area contributed by atoms with Crippen molar-refractivity contribution >= 4 is 29.9 Å². The Bertz CT molecular complexity index is 491. The van der Waals surface area contributed by atoms with Gasteiger partial charge in [-0.1, -0.05) is 13.8 Å². The van der Waals surface area contributed by atoms with Gasteiger partial charge in [0.05, 0.1) is 25.5 Å². The van der Waals surface area contributed by atoms with E-state index in [2.05, 4.69) is 40.4 Å². The summed E-state index contributed by atoms with van der Waals surface area (Å²) in [6.45, 7) is 7.66. The Morgan fingerprint density at radius 3 is 2.67 bits per heavy atom.